The van der Waals surface area contributed by atoms with Gasteiger partial charge in [-0.25, -0.2) is 13.2 Å². The van der Waals surface area contributed by atoms with E-state index in [-0.39, 0.29) is 28.6 Å². The van der Waals surface area contributed by atoms with Crippen LogP contribution < -0.4 is 5.32 Å². The molecule has 1 aliphatic rings. The van der Waals surface area contributed by atoms with E-state index in [0.717, 1.165) is 28.4 Å². The number of amides is 1. The van der Waals surface area contributed by atoms with E-state index in [9.17, 15) is 18.0 Å². The number of para-hydroxylation sites is 1. The number of aryl methyl sites for hydroxylation is 1. The summed E-state index contributed by atoms with van der Waals surface area (Å²) in [5, 5.41) is 4.86. The lowest BCUT2D eigenvalue weighted by Crippen LogP contribution is -2.40. The first kappa shape index (κ1) is 26.2. The molecule has 11 heteroatoms. The highest BCUT2D eigenvalue weighted by Crippen LogP contribution is 2.31. The Morgan fingerprint density at radius 1 is 1.00 bits per heavy atom. The Morgan fingerprint density at radius 2 is 1.74 bits per heavy atom. The molecule has 0 bridgehead atoms. The molecule has 0 radical (unpaired) electrons. The van der Waals surface area contributed by atoms with Crippen molar-refractivity contribution in [1.82, 2.24) is 8.87 Å². The summed E-state index contributed by atoms with van der Waals surface area (Å²) in [6.45, 7) is 3.35. The fourth-order valence-corrected chi connectivity index (χ4v) is 6.26. The van der Waals surface area contributed by atoms with Crippen LogP contribution in [0.5, 0.6) is 0 Å². The second-order valence-electron chi connectivity index (χ2n) is 8.78. The smallest absolute Gasteiger partial charge is 0.340 e. The lowest BCUT2D eigenvalue weighted by Gasteiger charge is -2.26. The summed E-state index contributed by atoms with van der Waals surface area (Å²) in [6, 6.07) is 17.5. The average Bonchev–Trinajstić information content (AvgIpc) is 3.25. The van der Waals surface area contributed by atoms with E-state index in [1.807, 2.05) is 30.3 Å². The van der Waals surface area contributed by atoms with Crippen LogP contribution in [0, 0.1) is 0 Å². The Balaban J connectivity index is 1.28. The number of anilines is 1. The molecule has 1 fully saturated rings. The first-order valence-electron chi connectivity index (χ1n) is 12.1. The van der Waals surface area contributed by atoms with Crippen molar-refractivity contribution in [2.45, 2.75) is 18.4 Å². The van der Waals surface area contributed by atoms with Crippen LogP contribution in [0.4, 0.5) is 5.69 Å². The van der Waals surface area contributed by atoms with E-state index >= 15 is 0 Å². The molecule has 1 aromatic heterocycles. The van der Waals surface area contributed by atoms with E-state index < -0.39 is 28.5 Å². The van der Waals surface area contributed by atoms with Gasteiger partial charge in [0.15, 0.2) is 6.61 Å². The van der Waals surface area contributed by atoms with E-state index in [4.69, 9.17) is 21.1 Å². The molecule has 0 saturated carbocycles. The van der Waals surface area contributed by atoms with Crippen molar-refractivity contribution in [1.29, 1.82) is 0 Å². The van der Waals surface area contributed by atoms with Gasteiger partial charge in [-0.05, 0) is 49.4 Å². The van der Waals surface area contributed by atoms with E-state index in [0.29, 0.717) is 18.9 Å². The van der Waals surface area contributed by atoms with Gasteiger partial charge in [-0.1, -0.05) is 29.8 Å². The van der Waals surface area contributed by atoms with Crippen LogP contribution in [0.15, 0.2) is 65.6 Å². The molecule has 3 aromatic carbocycles. The number of nitrogens with one attached hydrogen (secondary N) is 1. The van der Waals surface area contributed by atoms with Gasteiger partial charge in [-0.3, -0.25) is 4.79 Å². The summed E-state index contributed by atoms with van der Waals surface area (Å²) in [5.74, 6) is -1.43. The molecule has 1 N–H and O–H groups in total. The quantitative estimate of drug-likeness (QED) is 0.341. The Labute approximate surface area is 224 Å². The maximum absolute atomic E-state index is 12.9. The van der Waals surface area contributed by atoms with Crippen molar-refractivity contribution < 1.29 is 27.5 Å². The normalized spacial score (nSPS) is 14.6. The first-order chi connectivity index (χ1) is 18.3. The molecule has 5 rings (SSSR count). The number of hydrogen-bond acceptors (Lipinski definition) is 6. The largest absolute Gasteiger partial charge is 0.452 e. The van der Waals surface area contributed by atoms with Gasteiger partial charge in [0.2, 0.25) is 10.0 Å². The number of rotatable bonds is 7. The minimum absolute atomic E-state index is 0.0223. The van der Waals surface area contributed by atoms with E-state index in [1.54, 1.807) is 6.07 Å². The maximum Gasteiger partial charge on any atom is 0.340 e. The van der Waals surface area contributed by atoms with Gasteiger partial charge < -0.3 is 19.4 Å². The molecule has 9 nitrogen and oxygen atoms in total. The Kier molecular flexibility index (Phi) is 7.40. The van der Waals surface area contributed by atoms with Crippen LogP contribution >= 0.6 is 11.6 Å². The molecule has 0 unspecified atom stereocenters. The lowest BCUT2D eigenvalue weighted by atomic mass is 10.1. The van der Waals surface area contributed by atoms with Gasteiger partial charge in [-0.15, -0.1) is 0 Å². The van der Waals surface area contributed by atoms with Crippen LogP contribution in [-0.4, -0.2) is 62.1 Å². The number of nitrogens with zero attached hydrogens (tertiary/aromatic N) is 2. The predicted octanol–water partition coefficient (Wildman–Crippen LogP) is 4.28. The maximum atomic E-state index is 12.9. The number of hydrogen-bond donors (Lipinski definition) is 1. The molecule has 0 aliphatic carbocycles. The standard InChI is InChI=1S/C27H26ClN3O6S/c1-2-31-24-6-4-3-5-20(24)21-15-18(7-10-25(21)31)29-26(32)17-37-27(33)22-16-19(8-9-23(22)28)38(34,35)30-11-13-36-14-12-30/h3-10,15-16H,2,11-14,17H2,1H3,(H,29,32). The molecule has 1 amide bonds. The number of carbonyl (C=O) groups excluding carboxylic acids is 2. The summed E-state index contributed by atoms with van der Waals surface area (Å²) in [6.07, 6.45) is 0. The fraction of sp³-hybridized carbons (Fsp3) is 0.259. The number of aromatic nitrogens is 1. The van der Waals surface area contributed by atoms with Crippen molar-refractivity contribution in [2.75, 3.05) is 38.2 Å². The van der Waals surface area contributed by atoms with Crippen LogP contribution in [0.25, 0.3) is 21.8 Å². The monoisotopic (exact) mass is 555 g/mol. The second kappa shape index (κ2) is 10.7. The molecule has 0 atom stereocenters. The van der Waals surface area contributed by atoms with Gasteiger partial charge in [0.05, 0.1) is 28.7 Å². The van der Waals surface area contributed by atoms with Gasteiger partial charge in [0, 0.05) is 47.1 Å². The van der Waals surface area contributed by atoms with Gasteiger partial charge in [-0.2, -0.15) is 4.31 Å². The molecule has 198 valence electrons. The average molecular weight is 556 g/mol. The molecule has 4 aromatic rings. The highest BCUT2D eigenvalue weighted by Gasteiger charge is 2.28. The second-order valence-corrected chi connectivity index (χ2v) is 11.1. The third kappa shape index (κ3) is 5.00. The van der Waals surface area contributed by atoms with E-state index in [1.165, 1.54) is 22.5 Å². The zero-order valence-corrected chi connectivity index (χ0v) is 22.2. The molecular formula is C27H26ClN3O6S. The number of sulfonamides is 1. The van der Waals surface area contributed by atoms with E-state index in [2.05, 4.69) is 22.9 Å². The van der Waals surface area contributed by atoms with Crippen LogP contribution in [0.2, 0.25) is 5.02 Å². The molecular weight excluding hydrogens is 530 g/mol. The highest BCUT2D eigenvalue weighted by molar-refractivity contribution is 7.89. The lowest BCUT2D eigenvalue weighted by molar-refractivity contribution is -0.119. The number of carbonyl (C=O) groups is 2. The Morgan fingerprint density at radius 3 is 2.50 bits per heavy atom. The van der Waals surface area contributed by atoms with Crippen LogP contribution in [0.3, 0.4) is 0 Å². The zero-order valence-electron chi connectivity index (χ0n) is 20.6. The van der Waals surface area contributed by atoms with Gasteiger partial charge >= 0.3 is 5.97 Å². The number of benzene rings is 3. The minimum Gasteiger partial charge on any atom is -0.452 e. The Hall–Kier alpha value is -3.44. The van der Waals surface area contributed by atoms with Crippen molar-refractivity contribution in [3.8, 4) is 0 Å². The van der Waals surface area contributed by atoms with Crippen molar-refractivity contribution in [2.24, 2.45) is 0 Å². The SMILES string of the molecule is CCn1c2ccccc2c2cc(NC(=O)COC(=O)c3cc(S(=O)(=O)N4CCOCC4)ccc3Cl)ccc21. The predicted molar refractivity (Wildman–Crippen MR) is 145 cm³/mol. The van der Waals surface area contributed by atoms with Gasteiger partial charge in [0.1, 0.15) is 0 Å². The Bertz CT molecular complexity index is 1640. The topological polar surface area (TPSA) is 107 Å². The number of morpholine rings is 1. The van der Waals surface area contributed by atoms with Crippen molar-refractivity contribution >= 4 is 61.0 Å². The zero-order chi connectivity index (χ0) is 26.9. The third-order valence-electron chi connectivity index (χ3n) is 6.47. The number of ether oxygens (including phenoxy) is 2. The third-order valence-corrected chi connectivity index (χ3v) is 8.70. The first-order valence-corrected chi connectivity index (χ1v) is 14.0. The van der Waals surface area contributed by atoms with Gasteiger partial charge in [0.25, 0.3) is 5.91 Å². The number of esters is 1. The number of fused-ring (bicyclic) bond motifs is 3. The molecule has 1 saturated heterocycles. The summed E-state index contributed by atoms with van der Waals surface area (Å²) in [5.41, 5.74) is 2.59. The summed E-state index contributed by atoms with van der Waals surface area (Å²) in [7, 11) is -3.83. The molecule has 1 aliphatic heterocycles. The molecule has 0 spiro atoms. The fourth-order valence-electron chi connectivity index (χ4n) is 4.64. The number of halogens is 1. The van der Waals surface area contributed by atoms with Crippen LogP contribution in [-0.2, 0) is 30.8 Å². The highest BCUT2D eigenvalue weighted by atomic mass is 35.5. The van der Waals surface area contributed by atoms with Crippen LogP contribution in [0.1, 0.15) is 17.3 Å². The summed E-state index contributed by atoms with van der Waals surface area (Å²) in [4.78, 5) is 25.2. The van der Waals surface area contributed by atoms with Crippen molar-refractivity contribution in [3.05, 3.63) is 71.2 Å². The summed E-state index contributed by atoms with van der Waals surface area (Å²) < 4.78 is 39.8. The molecule has 2 heterocycles. The summed E-state index contributed by atoms with van der Waals surface area (Å²) >= 11 is 6.16. The minimum atomic E-state index is -3.83. The molecule has 38 heavy (non-hydrogen) atoms. The van der Waals surface area contributed by atoms with Crippen molar-refractivity contribution in [3.63, 3.8) is 0 Å².